The molecule has 1 amide bonds. The van der Waals surface area contributed by atoms with E-state index in [9.17, 15) is 19.8 Å². The summed E-state index contributed by atoms with van der Waals surface area (Å²) in [6.45, 7) is 3.45. The third kappa shape index (κ3) is 3.94. The zero-order valence-corrected chi connectivity index (χ0v) is 20.0. The van der Waals surface area contributed by atoms with Crippen LogP contribution in [0.25, 0.3) is 10.2 Å². The van der Waals surface area contributed by atoms with Crippen LogP contribution in [0.1, 0.15) is 13.8 Å². The SMILES string of the molecule is CC(O)C1C(=O)N2C(C(=O)[O-])=C(/C=C/CSc3nc4ccccc4s3)[C@H](C)C12.[Na+]. The first-order valence-corrected chi connectivity index (χ1v) is 10.8. The average Bonchev–Trinajstić information content (AvgIpc) is 3.15. The number of rotatable bonds is 6. The van der Waals surface area contributed by atoms with Gasteiger partial charge in [-0.2, -0.15) is 0 Å². The van der Waals surface area contributed by atoms with E-state index in [0.717, 1.165) is 14.6 Å². The number of aliphatic hydroxyl groups is 1. The van der Waals surface area contributed by atoms with Gasteiger partial charge in [0.2, 0.25) is 5.91 Å². The summed E-state index contributed by atoms with van der Waals surface area (Å²) in [5.74, 6) is -1.81. The van der Waals surface area contributed by atoms with Crippen molar-refractivity contribution in [1.29, 1.82) is 0 Å². The van der Waals surface area contributed by atoms with E-state index < -0.39 is 18.0 Å². The Balaban J connectivity index is 0.00000240. The maximum atomic E-state index is 12.3. The van der Waals surface area contributed by atoms with E-state index in [0.29, 0.717) is 11.3 Å². The molecular formula is C20H19N2NaO4S2. The minimum absolute atomic E-state index is 0. The van der Waals surface area contributed by atoms with Gasteiger partial charge in [-0.05, 0) is 24.6 Å². The summed E-state index contributed by atoms with van der Waals surface area (Å²) in [5, 5.41) is 21.5. The molecule has 1 aromatic carbocycles. The summed E-state index contributed by atoms with van der Waals surface area (Å²) in [6, 6.07) is 7.62. The molecule has 2 aromatic rings. The van der Waals surface area contributed by atoms with Crippen molar-refractivity contribution in [2.24, 2.45) is 11.8 Å². The average molecular weight is 439 g/mol. The second-order valence-electron chi connectivity index (χ2n) is 7.01. The van der Waals surface area contributed by atoms with Crippen LogP contribution >= 0.6 is 23.1 Å². The summed E-state index contributed by atoms with van der Waals surface area (Å²) < 4.78 is 2.08. The zero-order chi connectivity index (χ0) is 20.0. The number of aliphatic hydroxyl groups excluding tert-OH is 1. The number of carbonyl (C=O) groups excluding carboxylic acids is 2. The van der Waals surface area contributed by atoms with Gasteiger partial charge < -0.3 is 19.9 Å². The predicted molar refractivity (Wildman–Crippen MR) is 106 cm³/mol. The number of carbonyl (C=O) groups is 2. The molecule has 0 aliphatic carbocycles. The first kappa shape index (κ1) is 22.5. The first-order chi connectivity index (χ1) is 13.4. The summed E-state index contributed by atoms with van der Waals surface area (Å²) in [4.78, 5) is 29.8. The van der Waals surface area contributed by atoms with Gasteiger partial charge in [0.05, 0.1) is 39.9 Å². The van der Waals surface area contributed by atoms with Crippen molar-refractivity contribution >= 4 is 45.2 Å². The summed E-state index contributed by atoms with van der Waals surface area (Å²) >= 11 is 3.20. The molecular weight excluding hydrogens is 419 g/mol. The largest absolute Gasteiger partial charge is 1.00 e. The number of aromatic nitrogens is 1. The molecule has 1 saturated heterocycles. The topological polar surface area (TPSA) is 93.6 Å². The first-order valence-electron chi connectivity index (χ1n) is 9.01. The fraction of sp³-hybridized carbons (Fsp3) is 0.350. The van der Waals surface area contributed by atoms with Gasteiger partial charge in [-0.3, -0.25) is 4.79 Å². The minimum Gasteiger partial charge on any atom is -0.543 e. The number of benzene rings is 1. The Hall–Kier alpha value is -1.16. The molecule has 1 aromatic heterocycles. The molecule has 2 aliphatic heterocycles. The number of para-hydroxylation sites is 1. The number of thioether (sulfide) groups is 1. The zero-order valence-electron chi connectivity index (χ0n) is 16.4. The van der Waals surface area contributed by atoms with E-state index in [1.807, 2.05) is 37.3 Å². The molecule has 146 valence electrons. The number of hydrogen-bond donors (Lipinski definition) is 1. The van der Waals surface area contributed by atoms with E-state index in [1.165, 1.54) is 4.90 Å². The Morgan fingerprint density at radius 3 is 2.83 bits per heavy atom. The second kappa shape index (κ2) is 8.91. The monoisotopic (exact) mass is 438 g/mol. The van der Waals surface area contributed by atoms with Crippen molar-refractivity contribution in [3.05, 3.63) is 47.7 Å². The van der Waals surface area contributed by atoms with Gasteiger partial charge in [0.15, 0.2) is 4.34 Å². The number of carboxylic acid groups (broad SMARTS) is 1. The molecule has 0 radical (unpaired) electrons. The molecule has 0 spiro atoms. The van der Waals surface area contributed by atoms with Crippen LogP contribution in [0, 0.1) is 11.8 Å². The molecule has 3 unspecified atom stereocenters. The van der Waals surface area contributed by atoms with Crippen molar-refractivity contribution in [3.8, 4) is 0 Å². The fourth-order valence-electron chi connectivity index (χ4n) is 4.01. The van der Waals surface area contributed by atoms with Gasteiger partial charge in [-0.15, -0.1) is 11.3 Å². The van der Waals surface area contributed by atoms with E-state index in [4.69, 9.17) is 0 Å². The number of aliphatic carboxylic acids is 1. The predicted octanol–water partition coefficient (Wildman–Crippen LogP) is -1.19. The van der Waals surface area contributed by atoms with E-state index in [1.54, 1.807) is 36.1 Å². The van der Waals surface area contributed by atoms with Crippen LogP contribution in [0.4, 0.5) is 0 Å². The van der Waals surface area contributed by atoms with Crippen LogP contribution in [-0.4, -0.2) is 44.8 Å². The molecule has 4 atom stereocenters. The summed E-state index contributed by atoms with van der Waals surface area (Å²) in [7, 11) is 0. The third-order valence-corrected chi connectivity index (χ3v) is 7.43. The number of hydrogen-bond acceptors (Lipinski definition) is 7. The van der Waals surface area contributed by atoms with Gasteiger partial charge >= 0.3 is 29.6 Å². The van der Waals surface area contributed by atoms with Crippen molar-refractivity contribution in [3.63, 3.8) is 0 Å². The molecule has 1 fully saturated rings. The Morgan fingerprint density at radius 1 is 1.45 bits per heavy atom. The Labute approximate surface area is 199 Å². The smallest absolute Gasteiger partial charge is 0.543 e. The summed E-state index contributed by atoms with van der Waals surface area (Å²) in [6.07, 6.45) is 2.84. The second-order valence-corrected chi connectivity index (χ2v) is 9.30. The molecule has 1 N–H and O–H groups in total. The number of allylic oxidation sites excluding steroid dienone is 1. The maximum absolute atomic E-state index is 12.3. The van der Waals surface area contributed by atoms with Crippen LogP contribution in [0.15, 0.2) is 52.0 Å². The number of nitrogens with zero attached hydrogens (tertiary/aromatic N) is 2. The molecule has 6 nitrogen and oxygen atoms in total. The number of thiazole rings is 1. The van der Waals surface area contributed by atoms with Gasteiger partial charge in [-0.25, -0.2) is 4.98 Å². The molecule has 4 rings (SSSR count). The number of fused-ring (bicyclic) bond motifs is 2. The third-order valence-electron chi connectivity index (χ3n) is 5.29. The normalized spacial score (nSPS) is 24.6. The Kier molecular flexibility index (Phi) is 6.92. The standard InChI is InChI=1S/C20H20N2O4S2.Na/c1-10-12(17(19(25)26)22-16(10)15(11(2)23)18(22)24)6-5-9-27-20-21-13-7-3-4-8-14(13)28-20;/h3-8,10-11,15-16,23H,9H2,1-2H3,(H,25,26);/q;+1/p-1/b6-5+;/t10-,11?,15?,16?;/m0./s1. The van der Waals surface area contributed by atoms with E-state index in [-0.39, 0.29) is 53.1 Å². The van der Waals surface area contributed by atoms with Gasteiger partial charge in [0.1, 0.15) is 0 Å². The maximum Gasteiger partial charge on any atom is 1.00 e. The molecule has 9 heteroatoms. The van der Waals surface area contributed by atoms with Crippen molar-refractivity contribution < 1.29 is 49.4 Å². The molecule has 2 aliphatic rings. The Bertz CT molecular complexity index is 984. The van der Waals surface area contributed by atoms with Crippen LogP contribution in [-0.2, 0) is 9.59 Å². The molecule has 0 saturated carbocycles. The number of β-lactam (4-membered cyclic amide) rings is 1. The minimum atomic E-state index is -1.36. The van der Waals surface area contributed by atoms with Crippen molar-refractivity contribution in [2.75, 3.05) is 5.75 Å². The van der Waals surface area contributed by atoms with Gasteiger partial charge in [-0.1, -0.05) is 43.0 Å². The molecule has 3 heterocycles. The van der Waals surface area contributed by atoms with Crippen LogP contribution in [0.2, 0.25) is 0 Å². The molecule has 0 bridgehead atoms. The fourth-order valence-corrected chi connectivity index (χ4v) is 5.91. The van der Waals surface area contributed by atoms with Crippen LogP contribution in [0.5, 0.6) is 0 Å². The number of carboxylic acids is 1. The van der Waals surface area contributed by atoms with E-state index >= 15 is 0 Å². The van der Waals surface area contributed by atoms with Crippen molar-refractivity contribution in [1.82, 2.24) is 9.88 Å². The van der Waals surface area contributed by atoms with Gasteiger partial charge in [0, 0.05) is 11.7 Å². The van der Waals surface area contributed by atoms with Crippen molar-refractivity contribution in [2.45, 2.75) is 30.3 Å². The Morgan fingerprint density at radius 2 is 2.17 bits per heavy atom. The van der Waals surface area contributed by atoms with Crippen LogP contribution < -0.4 is 34.7 Å². The van der Waals surface area contributed by atoms with E-state index in [2.05, 4.69) is 4.98 Å². The molecule has 29 heavy (non-hydrogen) atoms. The summed E-state index contributed by atoms with van der Waals surface area (Å²) in [5.41, 5.74) is 1.48. The van der Waals surface area contributed by atoms with Crippen LogP contribution in [0.3, 0.4) is 0 Å². The number of amides is 1. The quantitative estimate of drug-likeness (QED) is 0.346. The van der Waals surface area contributed by atoms with Gasteiger partial charge in [0.25, 0.3) is 0 Å².